The van der Waals surface area contributed by atoms with E-state index >= 15 is 0 Å². The van der Waals surface area contributed by atoms with Gasteiger partial charge in [-0.3, -0.25) is 4.79 Å². The van der Waals surface area contributed by atoms with E-state index in [1.165, 1.54) is 0 Å². The smallest absolute Gasteiger partial charge is 0.255 e. The van der Waals surface area contributed by atoms with Crippen LogP contribution in [-0.2, 0) is 0 Å². The van der Waals surface area contributed by atoms with Crippen molar-refractivity contribution in [3.05, 3.63) is 56.5 Å². The summed E-state index contributed by atoms with van der Waals surface area (Å²) < 4.78 is 1.67. The van der Waals surface area contributed by atoms with Gasteiger partial charge in [0.1, 0.15) is 0 Å². The van der Waals surface area contributed by atoms with Crippen molar-refractivity contribution < 1.29 is 4.79 Å². The van der Waals surface area contributed by atoms with Crippen molar-refractivity contribution >= 4 is 49.1 Å². The molecule has 0 aromatic heterocycles. The fraction of sp³-hybridized carbons (Fsp3) is 0.0714. The highest BCUT2D eigenvalue weighted by molar-refractivity contribution is 9.11. The maximum Gasteiger partial charge on any atom is 0.255 e. The van der Waals surface area contributed by atoms with Crippen molar-refractivity contribution in [3.63, 3.8) is 0 Å². The SMILES string of the molecule is Cc1cc(Br)c(NC(=O)c2ccc(N)cc2)c(Br)c1. The van der Waals surface area contributed by atoms with Crippen LogP contribution in [0, 0.1) is 6.92 Å². The van der Waals surface area contributed by atoms with Gasteiger partial charge in [0, 0.05) is 20.2 Å². The van der Waals surface area contributed by atoms with Gasteiger partial charge in [-0.1, -0.05) is 0 Å². The van der Waals surface area contributed by atoms with Crippen molar-refractivity contribution in [3.8, 4) is 0 Å². The Labute approximate surface area is 128 Å². The van der Waals surface area contributed by atoms with E-state index in [9.17, 15) is 4.79 Å². The zero-order valence-corrected chi connectivity index (χ0v) is 13.4. The van der Waals surface area contributed by atoms with Gasteiger partial charge < -0.3 is 11.1 Å². The summed E-state index contributed by atoms with van der Waals surface area (Å²) in [5, 5.41) is 2.87. The number of nitrogens with one attached hydrogen (secondary N) is 1. The molecule has 0 saturated carbocycles. The summed E-state index contributed by atoms with van der Waals surface area (Å²) in [5.74, 6) is -0.176. The van der Waals surface area contributed by atoms with Crippen LogP contribution in [0.4, 0.5) is 11.4 Å². The number of halogens is 2. The summed E-state index contributed by atoms with van der Waals surface area (Å²) >= 11 is 6.89. The lowest BCUT2D eigenvalue weighted by Gasteiger charge is -2.11. The van der Waals surface area contributed by atoms with Crippen LogP contribution < -0.4 is 11.1 Å². The zero-order valence-electron chi connectivity index (χ0n) is 10.2. The molecule has 0 aliphatic heterocycles. The maximum atomic E-state index is 12.1. The molecule has 0 radical (unpaired) electrons. The number of nitrogen functional groups attached to an aromatic ring is 1. The molecule has 0 fully saturated rings. The molecule has 2 aromatic carbocycles. The van der Waals surface area contributed by atoms with Gasteiger partial charge in [0.2, 0.25) is 0 Å². The van der Waals surface area contributed by atoms with Crippen molar-refractivity contribution in [1.29, 1.82) is 0 Å². The van der Waals surface area contributed by atoms with Crippen molar-refractivity contribution in [2.75, 3.05) is 11.1 Å². The second-order valence-electron chi connectivity index (χ2n) is 4.18. The Bertz CT molecular complexity index is 601. The van der Waals surface area contributed by atoms with Gasteiger partial charge in [-0.25, -0.2) is 0 Å². The second-order valence-corrected chi connectivity index (χ2v) is 5.89. The summed E-state index contributed by atoms with van der Waals surface area (Å²) in [5.41, 5.74) is 8.61. The number of nitrogens with two attached hydrogens (primary N) is 1. The lowest BCUT2D eigenvalue weighted by Crippen LogP contribution is -2.12. The van der Waals surface area contributed by atoms with Crippen molar-refractivity contribution in [2.24, 2.45) is 0 Å². The Balaban J connectivity index is 2.26. The fourth-order valence-electron chi connectivity index (χ4n) is 1.64. The third-order valence-corrected chi connectivity index (χ3v) is 3.85. The van der Waals surface area contributed by atoms with E-state index in [0.717, 1.165) is 14.5 Å². The number of amides is 1. The summed E-state index contributed by atoms with van der Waals surface area (Å²) in [6.45, 7) is 1.99. The van der Waals surface area contributed by atoms with Crippen LogP contribution in [0.2, 0.25) is 0 Å². The monoisotopic (exact) mass is 382 g/mol. The van der Waals surface area contributed by atoms with Gasteiger partial charge in [0.25, 0.3) is 5.91 Å². The first-order chi connectivity index (χ1) is 8.97. The molecule has 0 atom stereocenters. The molecule has 19 heavy (non-hydrogen) atoms. The molecular weight excluding hydrogens is 372 g/mol. The third kappa shape index (κ3) is 3.36. The largest absolute Gasteiger partial charge is 0.399 e. The van der Waals surface area contributed by atoms with E-state index in [-0.39, 0.29) is 5.91 Å². The average Bonchev–Trinajstić information content (AvgIpc) is 2.34. The number of aryl methyl sites for hydroxylation is 1. The van der Waals surface area contributed by atoms with Crippen LogP contribution in [0.1, 0.15) is 15.9 Å². The minimum Gasteiger partial charge on any atom is -0.399 e. The zero-order chi connectivity index (χ0) is 14.0. The Morgan fingerprint density at radius 1 is 1.11 bits per heavy atom. The molecule has 3 nitrogen and oxygen atoms in total. The van der Waals surface area contributed by atoms with E-state index in [0.29, 0.717) is 16.9 Å². The number of carbonyl (C=O) groups is 1. The Morgan fingerprint density at radius 2 is 1.63 bits per heavy atom. The van der Waals surface area contributed by atoms with Crippen LogP contribution in [0.25, 0.3) is 0 Å². The first-order valence-electron chi connectivity index (χ1n) is 5.60. The minimum atomic E-state index is -0.176. The lowest BCUT2D eigenvalue weighted by molar-refractivity contribution is 0.102. The molecule has 3 N–H and O–H groups in total. The van der Waals surface area contributed by atoms with Crippen molar-refractivity contribution in [1.82, 2.24) is 0 Å². The summed E-state index contributed by atoms with van der Waals surface area (Å²) in [6.07, 6.45) is 0. The van der Waals surface area contributed by atoms with Gasteiger partial charge in [0.15, 0.2) is 0 Å². The van der Waals surface area contributed by atoms with Crippen molar-refractivity contribution in [2.45, 2.75) is 6.92 Å². The predicted octanol–water partition coefficient (Wildman–Crippen LogP) is 4.35. The number of carbonyl (C=O) groups excluding carboxylic acids is 1. The van der Waals surface area contributed by atoms with E-state index < -0.39 is 0 Å². The molecular formula is C14H12Br2N2O. The number of hydrogen-bond donors (Lipinski definition) is 2. The summed E-state index contributed by atoms with van der Waals surface area (Å²) in [6, 6.07) is 10.7. The Kier molecular flexibility index (Phi) is 4.27. The first kappa shape index (κ1) is 14.1. The van der Waals surface area contributed by atoms with Crippen LogP contribution >= 0.6 is 31.9 Å². The molecule has 0 saturated heterocycles. The van der Waals surface area contributed by atoms with Gasteiger partial charge in [-0.05, 0) is 80.7 Å². The second kappa shape index (κ2) is 5.75. The molecule has 0 bridgehead atoms. The normalized spacial score (nSPS) is 10.3. The summed E-state index contributed by atoms with van der Waals surface area (Å²) in [7, 11) is 0. The number of hydrogen-bond acceptors (Lipinski definition) is 2. The van der Waals surface area contributed by atoms with Gasteiger partial charge in [0.05, 0.1) is 5.69 Å². The molecule has 98 valence electrons. The standard InChI is InChI=1S/C14H12Br2N2O/c1-8-6-11(15)13(12(16)7-8)18-14(19)9-2-4-10(17)5-3-9/h2-7H,17H2,1H3,(H,18,19). The van der Waals surface area contributed by atoms with Gasteiger partial charge in [-0.15, -0.1) is 0 Å². The van der Waals surface area contributed by atoms with E-state index in [1.807, 2.05) is 19.1 Å². The number of anilines is 2. The Hall–Kier alpha value is -1.33. The molecule has 5 heteroatoms. The highest BCUT2D eigenvalue weighted by Crippen LogP contribution is 2.32. The van der Waals surface area contributed by atoms with Crippen LogP contribution in [-0.4, -0.2) is 5.91 Å². The quantitative estimate of drug-likeness (QED) is 0.757. The van der Waals surface area contributed by atoms with Gasteiger partial charge in [-0.2, -0.15) is 0 Å². The topological polar surface area (TPSA) is 55.1 Å². The maximum absolute atomic E-state index is 12.1. The highest BCUT2D eigenvalue weighted by Gasteiger charge is 2.11. The Morgan fingerprint density at radius 3 is 2.16 bits per heavy atom. The van der Waals surface area contributed by atoms with Gasteiger partial charge >= 0.3 is 0 Å². The van der Waals surface area contributed by atoms with Crippen LogP contribution in [0.5, 0.6) is 0 Å². The number of rotatable bonds is 2. The summed E-state index contributed by atoms with van der Waals surface area (Å²) in [4.78, 5) is 12.1. The van der Waals surface area contributed by atoms with Crippen LogP contribution in [0.3, 0.4) is 0 Å². The molecule has 1 amide bonds. The van der Waals surface area contributed by atoms with Crippen LogP contribution in [0.15, 0.2) is 45.3 Å². The minimum absolute atomic E-state index is 0.176. The average molecular weight is 384 g/mol. The van der Waals surface area contributed by atoms with E-state index in [2.05, 4.69) is 37.2 Å². The molecule has 0 unspecified atom stereocenters. The number of benzene rings is 2. The third-order valence-electron chi connectivity index (χ3n) is 2.60. The first-order valence-corrected chi connectivity index (χ1v) is 7.18. The molecule has 2 rings (SSSR count). The van der Waals surface area contributed by atoms with E-state index in [1.54, 1.807) is 24.3 Å². The van der Waals surface area contributed by atoms with E-state index in [4.69, 9.17) is 5.73 Å². The lowest BCUT2D eigenvalue weighted by atomic mass is 10.2. The predicted molar refractivity (Wildman–Crippen MR) is 85.4 cm³/mol. The molecule has 0 aliphatic carbocycles. The molecule has 0 aliphatic rings. The molecule has 2 aromatic rings. The molecule has 0 heterocycles. The highest BCUT2D eigenvalue weighted by atomic mass is 79.9. The fourth-order valence-corrected chi connectivity index (χ4v) is 3.25. The molecule has 0 spiro atoms.